The van der Waals surface area contributed by atoms with Gasteiger partial charge in [0.2, 0.25) is 0 Å². The minimum atomic E-state index is -0.376. The first-order chi connectivity index (χ1) is 12.1. The van der Waals surface area contributed by atoms with Gasteiger partial charge in [-0.3, -0.25) is 4.79 Å². The molecule has 3 N–H and O–H groups in total. The molecule has 25 heavy (non-hydrogen) atoms. The lowest BCUT2D eigenvalue weighted by molar-refractivity contribution is 0.0948. The van der Waals surface area contributed by atoms with Crippen LogP contribution in [0.25, 0.3) is 0 Å². The van der Waals surface area contributed by atoms with Crippen LogP contribution in [0.2, 0.25) is 5.02 Å². The second kappa shape index (κ2) is 9.66. The van der Waals surface area contributed by atoms with Crippen molar-refractivity contribution in [2.24, 2.45) is 0 Å². The molecule has 7 heteroatoms. The van der Waals surface area contributed by atoms with Gasteiger partial charge in [0, 0.05) is 42.2 Å². The van der Waals surface area contributed by atoms with Gasteiger partial charge >= 0.3 is 6.03 Å². The molecule has 6 nitrogen and oxygen atoms in total. The van der Waals surface area contributed by atoms with Crippen LogP contribution in [0.15, 0.2) is 48.5 Å². The highest BCUT2D eigenvalue weighted by Gasteiger charge is 2.06. The number of hydrogen-bond acceptors (Lipinski definition) is 3. The van der Waals surface area contributed by atoms with Crippen LogP contribution in [0.3, 0.4) is 0 Å². The molecule has 0 saturated heterocycles. The fourth-order valence-corrected chi connectivity index (χ4v) is 2.18. The number of urea groups is 1. The van der Waals surface area contributed by atoms with Crippen LogP contribution in [0.5, 0.6) is 0 Å². The van der Waals surface area contributed by atoms with Gasteiger partial charge in [0.05, 0.1) is 0 Å². The molecule has 0 heterocycles. The number of amides is 3. The van der Waals surface area contributed by atoms with Gasteiger partial charge in [0.25, 0.3) is 5.91 Å². The lowest BCUT2D eigenvalue weighted by atomic mass is 10.2. The van der Waals surface area contributed by atoms with E-state index < -0.39 is 0 Å². The standard InChI is InChI=1S/C18H20ClN3O3/c1-25-12-2-11-20-17(23)13-3-7-15(8-4-13)21-18(24)22-16-9-5-14(19)6-10-16/h3-10H,2,11-12H2,1H3,(H,20,23)(H2,21,22,24). The summed E-state index contributed by atoms with van der Waals surface area (Å²) in [4.78, 5) is 23.9. The Bertz CT molecular complexity index is 703. The maximum atomic E-state index is 11.9. The fraction of sp³-hybridized carbons (Fsp3) is 0.222. The molecule has 0 atom stereocenters. The van der Waals surface area contributed by atoms with Gasteiger partial charge in [-0.05, 0) is 55.0 Å². The Morgan fingerprint density at radius 3 is 2.08 bits per heavy atom. The molecule has 132 valence electrons. The average molecular weight is 362 g/mol. The molecular formula is C18H20ClN3O3. The van der Waals surface area contributed by atoms with E-state index >= 15 is 0 Å². The molecule has 0 bridgehead atoms. The van der Waals surface area contributed by atoms with E-state index in [0.717, 1.165) is 6.42 Å². The van der Waals surface area contributed by atoms with E-state index in [0.29, 0.717) is 35.1 Å². The SMILES string of the molecule is COCCCNC(=O)c1ccc(NC(=O)Nc2ccc(Cl)cc2)cc1. The molecule has 0 aliphatic carbocycles. The number of nitrogens with one attached hydrogen (secondary N) is 3. The molecule has 3 amide bonds. The Morgan fingerprint density at radius 2 is 1.52 bits per heavy atom. The first-order valence-electron chi connectivity index (χ1n) is 7.79. The van der Waals surface area contributed by atoms with E-state index in [9.17, 15) is 9.59 Å². The third-order valence-corrected chi connectivity index (χ3v) is 3.57. The molecular weight excluding hydrogens is 342 g/mol. The number of carbonyl (C=O) groups excluding carboxylic acids is 2. The highest BCUT2D eigenvalue weighted by Crippen LogP contribution is 2.14. The van der Waals surface area contributed by atoms with E-state index in [4.69, 9.17) is 16.3 Å². The second-order valence-electron chi connectivity index (χ2n) is 5.27. The third kappa shape index (κ3) is 6.45. The zero-order valence-electron chi connectivity index (χ0n) is 13.8. The van der Waals surface area contributed by atoms with Crippen molar-refractivity contribution in [3.8, 4) is 0 Å². The highest BCUT2D eigenvalue weighted by molar-refractivity contribution is 6.30. The Hall–Kier alpha value is -2.57. The molecule has 0 aromatic heterocycles. The van der Waals surface area contributed by atoms with Gasteiger partial charge < -0.3 is 20.7 Å². The lowest BCUT2D eigenvalue weighted by Crippen LogP contribution is -2.25. The van der Waals surface area contributed by atoms with Crippen molar-refractivity contribution in [1.29, 1.82) is 0 Å². The summed E-state index contributed by atoms with van der Waals surface area (Å²) < 4.78 is 4.93. The van der Waals surface area contributed by atoms with Crippen molar-refractivity contribution in [2.45, 2.75) is 6.42 Å². The van der Waals surface area contributed by atoms with Crippen LogP contribution in [-0.2, 0) is 4.74 Å². The predicted octanol–water partition coefficient (Wildman–Crippen LogP) is 3.75. The number of halogens is 1. The van der Waals surface area contributed by atoms with Crippen molar-refractivity contribution in [3.63, 3.8) is 0 Å². The number of ether oxygens (including phenoxy) is 1. The Kier molecular flexibility index (Phi) is 7.25. The maximum Gasteiger partial charge on any atom is 0.323 e. The van der Waals surface area contributed by atoms with Gasteiger partial charge in [-0.2, -0.15) is 0 Å². The van der Waals surface area contributed by atoms with Gasteiger partial charge in [0.1, 0.15) is 0 Å². The minimum absolute atomic E-state index is 0.159. The van der Waals surface area contributed by atoms with Crippen LogP contribution < -0.4 is 16.0 Å². The number of anilines is 2. The van der Waals surface area contributed by atoms with Crippen LogP contribution in [-0.4, -0.2) is 32.2 Å². The molecule has 2 aromatic carbocycles. The maximum absolute atomic E-state index is 11.9. The summed E-state index contributed by atoms with van der Waals surface area (Å²) >= 11 is 5.80. The zero-order chi connectivity index (χ0) is 18.1. The molecule has 0 fully saturated rings. The molecule has 2 rings (SSSR count). The zero-order valence-corrected chi connectivity index (χ0v) is 14.6. The molecule has 0 radical (unpaired) electrons. The molecule has 0 aliphatic heterocycles. The normalized spacial score (nSPS) is 10.2. The number of methoxy groups -OCH3 is 1. The Labute approximate surface area is 151 Å². The highest BCUT2D eigenvalue weighted by atomic mass is 35.5. The molecule has 0 spiro atoms. The Morgan fingerprint density at radius 1 is 0.960 bits per heavy atom. The number of hydrogen-bond donors (Lipinski definition) is 3. The average Bonchev–Trinajstić information content (AvgIpc) is 2.61. The van der Waals surface area contributed by atoms with E-state index in [1.165, 1.54) is 0 Å². The van der Waals surface area contributed by atoms with Gasteiger partial charge in [-0.15, -0.1) is 0 Å². The topological polar surface area (TPSA) is 79.5 Å². The van der Waals surface area contributed by atoms with Gasteiger partial charge in [-0.25, -0.2) is 4.79 Å². The summed E-state index contributed by atoms with van der Waals surface area (Å²) in [5.41, 5.74) is 1.75. The van der Waals surface area contributed by atoms with E-state index in [1.807, 2.05) is 0 Å². The quantitative estimate of drug-likeness (QED) is 0.657. The van der Waals surface area contributed by atoms with E-state index in [1.54, 1.807) is 55.6 Å². The van der Waals surface area contributed by atoms with Gasteiger partial charge in [0.15, 0.2) is 0 Å². The summed E-state index contributed by atoms with van der Waals surface area (Å²) in [5.74, 6) is -0.159. The van der Waals surface area contributed by atoms with E-state index in [2.05, 4.69) is 16.0 Å². The minimum Gasteiger partial charge on any atom is -0.385 e. The van der Waals surface area contributed by atoms with Crippen LogP contribution in [0, 0.1) is 0 Å². The fourth-order valence-electron chi connectivity index (χ4n) is 2.05. The van der Waals surface area contributed by atoms with Crippen LogP contribution >= 0.6 is 11.6 Å². The van der Waals surface area contributed by atoms with Crippen molar-refractivity contribution in [2.75, 3.05) is 30.9 Å². The van der Waals surface area contributed by atoms with Crippen molar-refractivity contribution >= 4 is 34.9 Å². The molecule has 0 unspecified atom stereocenters. The number of benzene rings is 2. The lowest BCUT2D eigenvalue weighted by Gasteiger charge is -2.09. The molecule has 0 saturated carbocycles. The molecule has 2 aromatic rings. The van der Waals surface area contributed by atoms with Crippen LogP contribution in [0.4, 0.5) is 16.2 Å². The largest absolute Gasteiger partial charge is 0.385 e. The Balaban J connectivity index is 1.83. The summed E-state index contributed by atoms with van der Waals surface area (Å²) in [6.45, 7) is 1.15. The van der Waals surface area contributed by atoms with Crippen molar-refractivity contribution in [1.82, 2.24) is 5.32 Å². The molecule has 0 aliphatic rings. The van der Waals surface area contributed by atoms with Crippen molar-refractivity contribution in [3.05, 3.63) is 59.1 Å². The first kappa shape index (κ1) is 18.8. The second-order valence-corrected chi connectivity index (χ2v) is 5.70. The third-order valence-electron chi connectivity index (χ3n) is 3.32. The number of carbonyl (C=O) groups is 2. The summed E-state index contributed by atoms with van der Waals surface area (Å²) in [6.07, 6.45) is 0.757. The van der Waals surface area contributed by atoms with Crippen LogP contribution in [0.1, 0.15) is 16.8 Å². The summed E-state index contributed by atoms with van der Waals surface area (Å²) in [7, 11) is 1.62. The van der Waals surface area contributed by atoms with E-state index in [-0.39, 0.29) is 11.9 Å². The first-order valence-corrected chi connectivity index (χ1v) is 8.17. The predicted molar refractivity (Wildman–Crippen MR) is 99.4 cm³/mol. The monoisotopic (exact) mass is 361 g/mol. The summed E-state index contributed by atoms with van der Waals surface area (Å²) in [5, 5.41) is 8.80. The van der Waals surface area contributed by atoms with Crippen molar-refractivity contribution < 1.29 is 14.3 Å². The van der Waals surface area contributed by atoms with Gasteiger partial charge in [-0.1, -0.05) is 11.6 Å². The number of rotatable bonds is 7. The smallest absolute Gasteiger partial charge is 0.323 e. The summed E-state index contributed by atoms with van der Waals surface area (Å²) in [6, 6.07) is 13.1.